The lowest BCUT2D eigenvalue weighted by molar-refractivity contribution is -0.130. The van der Waals surface area contributed by atoms with Gasteiger partial charge in [-0.3, -0.25) is 14.4 Å². The molecule has 0 aromatic heterocycles. The van der Waals surface area contributed by atoms with Crippen LogP contribution in [0.1, 0.15) is 57.2 Å². The molecule has 0 aliphatic heterocycles. The van der Waals surface area contributed by atoms with Gasteiger partial charge in [-0.15, -0.1) is 0 Å². The van der Waals surface area contributed by atoms with Crippen molar-refractivity contribution in [3.63, 3.8) is 0 Å². The quantitative estimate of drug-likeness (QED) is 0.488. The van der Waals surface area contributed by atoms with Crippen molar-refractivity contribution >= 4 is 17.7 Å². The molecular formula is C27H37N3O3. The first kappa shape index (κ1) is 26.1. The van der Waals surface area contributed by atoms with Crippen LogP contribution in [-0.4, -0.2) is 29.3 Å². The summed E-state index contributed by atoms with van der Waals surface area (Å²) in [6.07, 6.45) is 2.79. The van der Waals surface area contributed by atoms with Crippen LogP contribution in [0.2, 0.25) is 0 Å². The average molecular weight is 452 g/mol. The lowest BCUT2D eigenvalue weighted by Crippen LogP contribution is -2.53. The molecule has 0 aliphatic rings. The number of benzene rings is 2. The van der Waals surface area contributed by atoms with Gasteiger partial charge in [0.05, 0.1) is 0 Å². The molecule has 33 heavy (non-hydrogen) atoms. The van der Waals surface area contributed by atoms with Gasteiger partial charge in [-0.2, -0.15) is 0 Å². The van der Waals surface area contributed by atoms with E-state index in [0.717, 1.165) is 18.4 Å². The highest BCUT2D eigenvalue weighted by Gasteiger charge is 2.25. The van der Waals surface area contributed by atoms with Crippen LogP contribution in [0.25, 0.3) is 0 Å². The van der Waals surface area contributed by atoms with E-state index in [1.54, 1.807) is 6.92 Å². The molecule has 0 saturated heterocycles. The summed E-state index contributed by atoms with van der Waals surface area (Å²) < 4.78 is 0. The van der Waals surface area contributed by atoms with Crippen molar-refractivity contribution in [2.24, 2.45) is 11.7 Å². The van der Waals surface area contributed by atoms with Crippen molar-refractivity contribution in [3.05, 3.63) is 71.3 Å². The van der Waals surface area contributed by atoms with Crippen molar-refractivity contribution in [3.8, 4) is 0 Å². The Morgan fingerprint density at radius 1 is 0.879 bits per heavy atom. The smallest absolute Gasteiger partial charge is 0.243 e. The summed E-state index contributed by atoms with van der Waals surface area (Å²) in [6.45, 7) is 7.40. The number of carbonyl (C=O) groups is 3. The number of amides is 3. The number of carbonyl (C=O) groups excluding carboxylic acids is 3. The molecule has 0 spiro atoms. The number of primary amides is 1. The van der Waals surface area contributed by atoms with Gasteiger partial charge in [-0.1, -0.05) is 61.5 Å². The second-order valence-electron chi connectivity index (χ2n) is 9.71. The van der Waals surface area contributed by atoms with E-state index < -0.39 is 17.5 Å². The summed E-state index contributed by atoms with van der Waals surface area (Å²) in [7, 11) is 0. The summed E-state index contributed by atoms with van der Waals surface area (Å²) in [5, 5.41) is 5.79. The molecule has 4 N–H and O–H groups in total. The highest BCUT2D eigenvalue weighted by Crippen LogP contribution is 2.12. The van der Waals surface area contributed by atoms with Gasteiger partial charge in [0.25, 0.3) is 0 Å². The molecule has 2 aromatic carbocycles. The van der Waals surface area contributed by atoms with Crippen molar-refractivity contribution < 1.29 is 14.4 Å². The van der Waals surface area contributed by atoms with E-state index in [-0.39, 0.29) is 24.2 Å². The predicted molar refractivity (Wildman–Crippen MR) is 131 cm³/mol. The summed E-state index contributed by atoms with van der Waals surface area (Å²) in [6, 6.07) is 17.8. The molecule has 0 fully saturated rings. The SMILES string of the molecule is CC(CCC(=O)NC(Cc1ccc(CCc2ccccc2)cc1)C(=O)NC(C)(C)C)C(N)=O. The van der Waals surface area contributed by atoms with E-state index in [9.17, 15) is 14.4 Å². The van der Waals surface area contributed by atoms with Gasteiger partial charge in [0, 0.05) is 24.3 Å². The zero-order chi connectivity index (χ0) is 24.4. The molecule has 3 amide bonds. The highest BCUT2D eigenvalue weighted by molar-refractivity contribution is 5.88. The van der Waals surface area contributed by atoms with E-state index in [0.29, 0.717) is 12.8 Å². The predicted octanol–water partition coefficient (Wildman–Crippen LogP) is 3.32. The van der Waals surface area contributed by atoms with Crippen LogP contribution in [-0.2, 0) is 33.6 Å². The molecule has 2 unspecified atom stereocenters. The number of rotatable bonds is 11. The Hall–Kier alpha value is -3.15. The summed E-state index contributed by atoms with van der Waals surface area (Å²) >= 11 is 0. The minimum atomic E-state index is -0.698. The highest BCUT2D eigenvalue weighted by atomic mass is 16.2. The van der Waals surface area contributed by atoms with Crippen LogP contribution in [0.3, 0.4) is 0 Å². The number of hydrogen-bond donors (Lipinski definition) is 3. The fourth-order valence-corrected chi connectivity index (χ4v) is 3.43. The molecule has 6 heteroatoms. The van der Waals surface area contributed by atoms with Gasteiger partial charge in [0.15, 0.2) is 0 Å². The monoisotopic (exact) mass is 451 g/mol. The largest absolute Gasteiger partial charge is 0.369 e. The molecule has 0 saturated carbocycles. The van der Waals surface area contributed by atoms with E-state index in [1.165, 1.54) is 11.1 Å². The minimum Gasteiger partial charge on any atom is -0.369 e. The van der Waals surface area contributed by atoms with Crippen LogP contribution in [0.5, 0.6) is 0 Å². The third-order valence-corrected chi connectivity index (χ3v) is 5.45. The van der Waals surface area contributed by atoms with Gasteiger partial charge in [-0.25, -0.2) is 0 Å². The first-order chi connectivity index (χ1) is 15.5. The van der Waals surface area contributed by atoms with Crippen LogP contribution in [0, 0.1) is 5.92 Å². The molecule has 0 heterocycles. The second kappa shape index (κ2) is 12.2. The molecule has 6 nitrogen and oxygen atoms in total. The Bertz CT molecular complexity index is 918. The topological polar surface area (TPSA) is 101 Å². The van der Waals surface area contributed by atoms with Crippen molar-refractivity contribution in [1.29, 1.82) is 0 Å². The van der Waals surface area contributed by atoms with E-state index >= 15 is 0 Å². The van der Waals surface area contributed by atoms with Gasteiger partial charge in [0.2, 0.25) is 17.7 Å². The Kier molecular flexibility index (Phi) is 9.64. The van der Waals surface area contributed by atoms with Crippen molar-refractivity contribution in [2.45, 2.75) is 71.4 Å². The van der Waals surface area contributed by atoms with Gasteiger partial charge >= 0.3 is 0 Å². The average Bonchev–Trinajstić information content (AvgIpc) is 2.76. The van der Waals surface area contributed by atoms with Crippen molar-refractivity contribution in [1.82, 2.24) is 10.6 Å². The molecule has 178 valence electrons. The maximum absolute atomic E-state index is 12.9. The van der Waals surface area contributed by atoms with E-state index in [2.05, 4.69) is 34.9 Å². The zero-order valence-corrected chi connectivity index (χ0v) is 20.2. The first-order valence-corrected chi connectivity index (χ1v) is 11.6. The molecule has 0 radical (unpaired) electrons. The van der Waals surface area contributed by atoms with Crippen LogP contribution >= 0.6 is 0 Å². The number of hydrogen-bond acceptors (Lipinski definition) is 3. The molecule has 2 rings (SSSR count). The maximum atomic E-state index is 12.9. The summed E-state index contributed by atoms with van der Waals surface area (Å²) in [5.41, 5.74) is 8.36. The molecule has 2 atom stereocenters. The number of nitrogens with one attached hydrogen (secondary N) is 2. The number of nitrogens with two attached hydrogens (primary N) is 1. The Labute approximate surface area is 197 Å². The zero-order valence-electron chi connectivity index (χ0n) is 20.2. The molecular weight excluding hydrogens is 414 g/mol. The molecule has 0 aliphatic carbocycles. The molecule has 0 bridgehead atoms. The standard InChI is InChI=1S/C27H37N3O3/c1-19(25(28)32)10-17-24(31)29-23(26(33)30-27(2,3)4)18-22-15-13-21(14-16-22)12-11-20-8-6-5-7-9-20/h5-9,13-16,19,23H,10-12,17-18H2,1-4H3,(H2,28,32)(H,29,31)(H,30,33). The van der Waals surface area contributed by atoms with Gasteiger partial charge < -0.3 is 16.4 Å². The third kappa shape index (κ3) is 9.89. The van der Waals surface area contributed by atoms with Crippen LogP contribution in [0.15, 0.2) is 54.6 Å². The minimum absolute atomic E-state index is 0.141. The molecule has 2 aromatic rings. The number of aryl methyl sites for hydroxylation is 2. The van der Waals surface area contributed by atoms with E-state index in [4.69, 9.17) is 5.73 Å². The fourth-order valence-electron chi connectivity index (χ4n) is 3.43. The van der Waals surface area contributed by atoms with Crippen molar-refractivity contribution in [2.75, 3.05) is 0 Å². The van der Waals surface area contributed by atoms with Crippen LogP contribution < -0.4 is 16.4 Å². The summed E-state index contributed by atoms with van der Waals surface area (Å²) in [5.74, 6) is -1.32. The maximum Gasteiger partial charge on any atom is 0.243 e. The lowest BCUT2D eigenvalue weighted by atomic mass is 9.99. The first-order valence-electron chi connectivity index (χ1n) is 11.6. The van der Waals surface area contributed by atoms with Gasteiger partial charge in [-0.05, 0) is 56.7 Å². The normalized spacial score (nSPS) is 13.1. The Balaban J connectivity index is 2.01. The Morgan fingerprint density at radius 2 is 1.42 bits per heavy atom. The lowest BCUT2D eigenvalue weighted by Gasteiger charge is -2.26. The third-order valence-electron chi connectivity index (χ3n) is 5.45. The fraction of sp³-hybridized carbons (Fsp3) is 0.444. The second-order valence-corrected chi connectivity index (χ2v) is 9.71. The Morgan fingerprint density at radius 3 is 1.97 bits per heavy atom. The summed E-state index contributed by atoms with van der Waals surface area (Å²) in [4.78, 5) is 36.6. The van der Waals surface area contributed by atoms with E-state index in [1.807, 2.05) is 51.1 Å². The van der Waals surface area contributed by atoms with Gasteiger partial charge in [0.1, 0.15) is 6.04 Å². The van der Waals surface area contributed by atoms with Crippen LogP contribution in [0.4, 0.5) is 0 Å².